The summed E-state index contributed by atoms with van der Waals surface area (Å²) in [5.74, 6) is 1.44. The third kappa shape index (κ3) is 5.75. The number of aryl methyl sites for hydroxylation is 3. The zero-order chi connectivity index (χ0) is 30.5. The number of fused-ring (bicyclic) bond motifs is 1. The van der Waals surface area contributed by atoms with Crippen LogP contribution >= 0.6 is 0 Å². The van der Waals surface area contributed by atoms with E-state index in [-0.39, 0.29) is 11.2 Å². The summed E-state index contributed by atoms with van der Waals surface area (Å²) in [7, 11) is 0. The largest absolute Gasteiger partial charge is 0.332 e. The van der Waals surface area contributed by atoms with Gasteiger partial charge in [0.1, 0.15) is 5.82 Å². The van der Waals surface area contributed by atoms with Crippen LogP contribution in [-0.2, 0) is 32.5 Å². The fourth-order valence-electron chi connectivity index (χ4n) is 5.78. The van der Waals surface area contributed by atoms with Crippen LogP contribution in [0.1, 0.15) is 50.1 Å². The number of hydrogen-bond acceptors (Lipinski definition) is 6. The monoisotopic (exact) mass is 588 g/mol. The molecule has 1 N–H and O–H groups in total. The van der Waals surface area contributed by atoms with Crippen molar-refractivity contribution in [2.24, 2.45) is 0 Å². The van der Waals surface area contributed by atoms with Crippen molar-refractivity contribution in [1.29, 1.82) is 0 Å². The Bertz CT molecular complexity index is 1970. The summed E-state index contributed by atoms with van der Waals surface area (Å²) in [6.07, 6.45) is 4.51. The van der Waals surface area contributed by atoms with Crippen LogP contribution in [-0.4, -0.2) is 39.3 Å². The smallest absolute Gasteiger partial charge is 0.318 e. The number of nitrogens with zero attached hydrogens (tertiary/aromatic N) is 7. The van der Waals surface area contributed by atoms with Gasteiger partial charge in [0.05, 0.1) is 0 Å². The third-order valence-corrected chi connectivity index (χ3v) is 8.11. The number of aromatic amines is 1. The number of unbranched alkanes of at least 4 members (excludes halogenated alkanes) is 2. The molecule has 3 aromatic carbocycles. The lowest BCUT2D eigenvalue weighted by atomic mass is 9.98. The predicted octanol–water partition coefficient (Wildman–Crippen LogP) is 5.25. The fraction of sp³-hybridized carbons (Fsp3) is 0.294. The maximum Gasteiger partial charge on any atom is 0.332 e. The van der Waals surface area contributed by atoms with Crippen molar-refractivity contribution < 1.29 is 0 Å². The lowest BCUT2D eigenvalue weighted by Gasteiger charge is -2.13. The molecule has 3 aromatic heterocycles. The summed E-state index contributed by atoms with van der Waals surface area (Å²) in [6, 6.07) is 26.4. The molecule has 10 heteroatoms. The molecule has 0 aliphatic rings. The van der Waals surface area contributed by atoms with E-state index >= 15 is 0 Å². The second kappa shape index (κ2) is 13.0. The minimum Gasteiger partial charge on any atom is -0.318 e. The van der Waals surface area contributed by atoms with Crippen LogP contribution in [0.4, 0.5) is 0 Å². The van der Waals surface area contributed by atoms with Gasteiger partial charge in [0, 0.05) is 31.6 Å². The van der Waals surface area contributed by atoms with Gasteiger partial charge in [0.15, 0.2) is 17.0 Å². The van der Waals surface area contributed by atoms with E-state index < -0.39 is 0 Å². The molecule has 0 aliphatic heterocycles. The molecule has 0 aliphatic carbocycles. The van der Waals surface area contributed by atoms with Crippen molar-refractivity contribution in [3.63, 3.8) is 0 Å². The molecule has 3 heterocycles. The Morgan fingerprint density at radius 2 is 1.50 bits per heavy atom. The fourth-order valence-corrected chi connectivity index (χ4v) is 5.78. The minimum atomic E-state index is -0.310. The zero-order valence-electron chi connectivity index (χ0n) is 25.1. The third-order valence-electron chi connectivity index (χ3n) is 8.11. The first-order chi connectivity index (χ1) is 21.6. The zero-order valence-corrected chi connectivity index (χ0v) is 25.1. The average Bonchev–Trinajstić information content (AvgIpc) is 3.71. The lowest BCUT2D eigenvalue weighted by molar-refractivity contribution is 0.584. The highest BCUT2D eigenvalue weighted by Gasteiger charge is 2.21. The van der Waals surface area contributed by atoms with Gasteiger partial charge in [-0.2, -0.15) is 0 Å². The summed E-state index contributed by atoms with van der Waals surface area (Å²) in [5, 5.41) is 14.4. The first kappa shape index (κ1) is 29.0. The van der Waals surface area contributed by atoms with Gasteiger partial charge in [-0.3, -0.25) is 13.9 Å². The number of aromatic nitrogens is 8. The van der Waals surface area contributed by atoms with Gasteiger partial charge in [-0.25, -0.2) is 14.9 Å². The number of imidazole rings is 1. The Labute approximate surface area is 255 Å². The van der Waals surface area contributed by atoms with Crippen LogP contribution in [0.2, 0.25) is 0 Å². The number of H-pyrrole nitrogens is 1. The first-order valence-corrected chi connectivity index (χ1v) is 15.3. The molecular weight excluding hydrogens is 552 g/mol. The predicted molar refractivity (Wildman–Crippen MR) is 171 cm³/mol. The molecule has 6 rings (SSSR count). The number of benzene rings is 3. The molecule has 0 fully saturated rings. The molecule has 224 valence electrons. The standard InChI is InChI=1S/C34H36N8O2/c1-3-5-7-16-29-35-32-30(33(43)40(4-2)34(44)41(32)22-21-24-12-8-6-9-13-24)42(29)23-25-17-19-26(20-18-25)27-14-10-11-15-28(27)31-36-38-39-37-31/h6,8-15,17-20H,3-5,7,16,21-23H2,1-2H3,(H,36,37,38,39). The maximum atomic E-state index is 13.8. The maximum absolute atomic E-state index is 13.8. The Balaban J connectivity index is 1.40. The van der Waals surface area contributed by atoms with Crippen LogP contribution in [0.15, 0.2) is 88.5 Å². The molecule has 0 saturated carbocycles. The molecule has 0 bridgehead atoms. The molecule has 0 amide bonds. The Morgan fingerprint density at radius 1 is 0.750 bits per heavy atom. The molecule has 0 radical (unpaired) electrons. The molecule has 44 heavy (non-hydrogen) atoms. The molecule has 0 unspecified atom stereocenters. The first-order valence-electron chi connectivity index (χ1n) is 15.3. The summed E-state index contributed by atoms with van der Waals surface area (Å²) in [5.41, 5.74) is 5.48. The molecule has 10 nitrogen and oxygen atoms in total. The second-order valence-electron chi connectivity index (χ2n) is 11.0. The highest BCUT2D eigenvalue weighted by molar-refractivity contribution is 5.80. The van der Waals surface area contributed by atoms with Crippen molar-refractivity contribution in [1.82, 2.24) is 39.3 Å². The normalized spacial score (nSPS) is 11.4. The van der Waals surface area contributed by atoms with E-state index in [0.717, 1.165) is 59.3 Å². The second-order valence-corrected chi connectivity index (χ2v) is 11.0. The Morgan fingerprint density at radius 3 is 2.20 bits per heavy atom. The van der Waals surface area contributed by atoms with Gasteiger partial charge in [-0.1, -0.05) is 98.6 Å². The summed E-state index contributed by atoms with van der Waals surface area (Å²) in [6.45, 7) is 5.22. The molecular formula is C34H36N8O2. The van der Waals surface area contributed by atoms with E-state index in [1.54, 1.807) is 4.57 Å². The van der Waals surface area contributed by atoms with E-state index in [9.17, 15) is 9.59 Å². The van der Waals surface area contributed by atoms with E-state index in [1.165, 1.54) is 4.57 Å². The van der Waals surface area contributed by atoms with Crippen LogP contribution in [0.3, 0.4) is 0 Å². The lowest BCUT2D eigenvalue weighted by Crippen LogP contribution is -2.40. The molecule has 0 atom stereocenters. The van der Waals surface area contributed by atoms with Crippen molar-refractivity contribution in [3.05, 3.63) is 117 Å². The van der Waals surface area contributed by atoms with Crippen LogP contribution in [0.5, 0.6) is 0 Å². The topological polar surface area (TPSA) is 116 Å². The molecule has 6 aromatic rings. The van der Waals surface area contributed by atoms with Crippen molar-refractivity contribution >= 4 is 11.2 Å². The van der Waals surface area contributed by atoms with Crippen LogP contribution in [0, 0.1) is 0 Å². The van der Waals surface area contributed by atoms with Gasteiger partial charge < -0.3 is 4.57 Å². The highest BCUT2D eigenvalue weighted by atomic mass is 16.2. The summed E-state index contributed by atoms with van der Waals surface area (Å²) in [4.78, 5) is 32.3. The average molecular weight is 589 g/mol. The van der Waals surface area contributed by atoms with E-state index in [2.05, 4.69) is 63.9 Å². The van der Waals surface area contributed by atoms with E-state index in [1.807, 2.05) is 54.0 Å². The quantitative estimate of drug-likeness (QED) is 0.195. The van der Waals surface area contributed by atoms with Crippen molar-refractivity contribution in [2.75, 3.05) is 0 Å². The number of hydrogen-bond donors (Lipinski definition) is 1. The number of tetrazole rings is 1. The van der Waals surface area contributed by atoms with E-state index in [0.29, 0.717) is 43.0 Å². The Hall–Kier alpha value is -5.12. The molecule has 0 spiro atoms. The Kier molecular flexibility index (Phi) is 8.58. The van der Waals surface area contributed by atoms with Crippen molar-refractivity contribution in [2.45, 2.75) is 65.6 Å². The van der Waals surface area contributed by atoms with Gasteiger partial charge >= 0.3 is 5.69 Å². The van der Waals surface area contributed by atoms with Crippen molar-refractivity contribution in [3.8, 4) is 22.5 Å². The number of nitrogens with one attached hydrogen (secondary N) is 1. The summed E-state index contributed by atoms with van der Waals surface area (Å²) >= 11 is 0. The van der Waals surface area contributed by atoms with E-state index in [4.69, 9.17) is 4.98 Å². The van der Waals surface area contributed by atoms with Gasteiger partial charge in [-0.15, -0.1) is 5.10 Å². The van der Waals surface area contributed by atoms with Gasteiger partial charge in [0.25, 0.3) is 5.56 Å². The summed E-state index contributed by atoms with van der Waals surface area (Å²) < 4.78 is 5.05. The van der Waals surface area contributed by atoms with Gasteiger partial charge in [-0.05, 0) is 52.4 Å². The number of rotatable bonds is 12. The van der Waals surface area contributed by atoms with Crippen LogP contribution < -0.4 is 11.2 Å². The minimum absolute atomic E-state index is 0.288. The molecule has 0 saturated heterocycles. The van der Waals surface area contributed by atoms with Crippen LogP contribution in [0.25, 0.3) is 33.7 Å². The highest BCUT2D eigenvalue weighted by Crippen LogP contribution is 2.30. The SMILES string of the molecule is CCCCCc1nc2c(c(=O)n(CC)c(=O)n2CCc2ccccc2)n1Cc1ccc(-c2ccccc2-c2nnn[nH]2)cc1. The van der Waals surface area contributed by atoms with Gasteiger partial charge in [0.2, 0.25) is 0 Å².